The molecule has 2 heterocycles. The number of pyridine rings is 1. The van der Waals surface area contributed by atoms with Crippen molar-refractivity contribution in [1.82, 2.24) is 14.8 Å². The number of hydrogen-bond donors (Lipinski definition) is 1. The van der Waals surface area contributed by atoms with E-state index in [-0.39, 0.29) is 5.69 Å². The van der Waals surface area contributed by atoms with Crippen LogP contribution < -0.4 is 5.32 Å². The fourth-order valence-electron chi connectivity index (χ4n) is 1.39. The highest BCUT2D eigenvalue weighted by atomic mass is 79.9. The predicted molar refractivity (Wildman–Crippen MR) is 67.8 cm³/mol. The third-order valence-electron chi connectivity index (χ3n) is 2.26. The van der Waals surface area contributed by atoms with Gasteiger partial charge in [0, 0.05) is 17.7 Å². The highest BCUT2D eigenvalue weighted by molar-refractivity contribution is 9.10. The number of halogens is 1. The summed E-state index contributed by atoms with van der Waals surface area (Å²) in [7, 11) is 1.64. The number of hydrogen-bond acceptors (Lipinski definition) is 4. The van der Waals surface area contributed by atoms with Crippen LogP contribution in [0.25, 0.3) is 0 Å². The van der Waals surface area contributed by atoms with E-state index in [1.54, 1.807) is 19.2 Å². The molecule has 0 saturated heterocycles. The van der Waals surface area contributed by atoms with Gasteiger partial charge in [0.1, 0.15) is 23.1 Å². The van der Waals surface area contributed by atoms with Gasteiger partial charge in [0.05, 0.1) is 6.20 Å². The minimum absolute atomic E-state index is 0.252. The van der Waals surface area contributed by atoms with Gasteiger partial charge >= 0.3 is 0 Å². The van der Waals surface area contributed by atoms with Gasteiger partial charge in [-0.3, -0.25) is 9.48 Å². The van der Waals surface area contributed by atoms with Gasteiger partial charge in [-0.2, -0.15) is 10.4 Å². The van der Waals surface area contributed by atoms with Crippen LogP contribution in [0.15, 0.2) is 29.0 Å². The first-order valence-corrected chi connectivity index (χ1v) is 5.76. The summed E-state index contributed by atoms with van der Waals surface area (Å²) in [5.41, 5.74) is 0.556. The van der Waals surface area contributed by atoms with Crippen LogP contribution in [0.5, 0.6) is 0 Å². The quantitative estimate of drug-likeness (QED) is 0.915. The Kier molecular flexibility index (Phi) is 3.39. The van der Waals surface area contributed by atoms with Gasteiger partial charge in [-0.1, -0.05) is 0 Å². The lowest BCUT2D eigenvalue weighted by Gasteiger charge is -2.06. The van der Waals surface area contributed by atoms with E-state index in [9.17, 15) is 4.79 Å². The number of nitrogens with zero attached hydrogens (tertiary/aromatic N) is 4. The number of aryl methyl sites for hydroxylation is 1. The van der Waals surface area contributed by atoms with E-state index in [0.717, 1.165) is 0 Å². The van der Waals surface area contributed by atoms with Gasteiger partial charge in [-0.15, -0.1) is 0 Å². The second kappa shape index (κ2) is 4.98. The fraction of sp³-hybridized carbons (Fsp3) is 0.0909. The number of carbonyl (C=O) groups excluding carboxylic acids is 1. The van der Waals surface area contributed by atoms with E-state index in [1.807, 2.05) is 6.07 Å². The van der Waals surface area contributed by atoms with Crippen molar-refractivity contribution in [2.24, 2.45) is 7.05 Å². The molecule has 0 radical (unpaired) electrons. The Hall–Kier alpha value is -2.20. The summed E-state index contributed by atoms with van der Waals surface area (Å²) in [6.07, 6.45) is 2.91. The highest BCUT2D eigenvalue weighted by Gasteiger charge is 2.15. The molecule has 0 aliphatic rings. The van der Waals surface area contributed by atoms with Crippen molar-refractivity contribution in [2.75, 3.05) is 5.32 Å². The largest absolute Gasteiger partial charge is 0.304 e. The average Bonchev–Trinajstić information content (AvgIpc) is 2.71. The van der Waals surface area contributed by atoms with Crippen LogP contribution in [-0.4, -0.2) is 20.7 Å². The number of aromatic nitrogens is 3. The molecule has 0 bridgehead atoms. The summed E-state index contributed by atoms with van der Waals surface area (Å²) < 4.78 is 2.01. The average molecular weight is 306 g/mol. The van der Waals surface area contributed by atoms with Gasteiger partial charge in [0.25, 0.3) is 5.91 Å². The normalized spacial score (nSPS) is 9.83. The van der Waals surface area contributed by atoms with Crippen molar-refractivity contribution in [3.63, 3.8) is 0 Å². The SMILES string of the molecule is Cn1ncc(C#N)c1NC(=O)c1ncccc1Br. The van der Waals surface area contributed by atoms with Crippen LogP contribution in [0.1, 0.15) is 16.1 Å². The molecule has 90 valence electrons. The molecule has 1 amide bonds. The Morgan fingerprint density at radius 2 is 2.39 bits per heavy atom. The molecule has 1 N–H and O–H groups in total. The molecule has 0 aliphatic carbocycles. The van der Waals surface area contributed by atoms with E-state index in [4.69, 9.17) is 5.26 Å². The lowest BCUT2D eigenvalue weighted by Crippen LogP contribution is -2.17. The zero-order valence-corrected chi connectivity index (χ0v) is 11.0. The molecule has 2 rings (SSSR count). The number of anilines is 1. The van der Waals surface area contributed by atoms with Gasteiger partial charge in [0.2, 0.25) is 0 Å². The third kappa shape index (κ3) is 2.24. The lowest BCUT2D eigenvalue weighted by atomic mass is 10.3. The highest BCUT2D eigenvalue weighted by Crippen LogP contribution is 2.17. The third-order valence-corrected chi connectivity index (χ3v) is 2.90. The molecular formula is C11H8BrN5O. The molecule has 0 spiro atoms. The summed E-state index contributed by atoms with van der Waals surface area (Å²) in [6, 6.07) is 5.39. The Labute approximate surface area is 111 Å². The van der Waals surface area contributed by atoms with E-state index in [2.05, 4.69) is 31.3 Å². The van der Waals surface area contributed by atoms with Gasteiger partial charge in [0.15, 0.2) is 0 Å². The zero-order valence-electron chi connectivity index (χ0n) is 9.38. The lowest BCUT2D eigenvalue weighted by molar-refractivity contribution is 0.102. The first-order chi connectivity index (χ1) is 8.63. The van der Waals surface area contributed by atoms with Crippen molar-refractivity contribution < 1.29 is 4.79 Å². The first kappa shape index (κ1) is 12.3. The van der Waals surface area contributed by atoms with E-state index >= 15 is 0 Å². The monoisotopic (exact) mass is 305 g/mol. The molecule has 0 aromatic carbocycles. The zero-order chi connectivity index (χ0) is 13.1. The number of amides is 1. The molecule has 0 saturated carbocycles. The second-order valence-electron chi connectivity index (χ2n) is 3.43. The summed E-state index contributed by atoms with van der Waals surface area (Å²) in [6.45, 7) is 0. The maximum absolute atomic E-state index is 12.0. The number of carbonyl (C=O) groups is 1. The molecule has 18 heavy (non-hydrogen) atoms. The summed E-state index contributed by atoms with van der Waals surface area (Å²) in [5, 5.41) is 15.4. The smallest absolute Gasteiger partial charge is 0.276 e. The fourth-order valence-corrected chi connectivity index (χ4v) is 1.82. The van der Waals surface area contributed by atoms with Crippen molar-refractivity contribution in [3.8, 4) is 6.07 Å². The van der Waals surface area contributed by atoms with Crippen molar-refractivity contribution >= 4 is 27.7 Å². The van der Waals surface area contributed by atoms with Gasteiger partial charge < -0.3 is 5.32 Å². The molecule has 2 aromatic rings. The Balaban J connectivity index is 2.31. The van der Waals surface area contributed by atoms with Crippen molar-refractivity contribution in [1.29, 1.82) is 5.26 Å². The summed E-state index contributed by atoms with van der Waals surface area (Å²) in [4.78, 5) is 16.0. The predicted octanol–water partition coefficient (Wildman–Crippen LogP) is 1.70. The molecule has 7 heteroatoms. The van der Waals surface area contributed by atoms with Crippen LogP contribution in [0.2, 0.25) is 0 Å². The van der Waals surface area contributed by atoms with Gasteiger partial charge in [-0.25, -0.2) is 4.98 Å². The minimum Gasteiger partial charge on any atom is -0.304 e. The minimum atomic E-state index is -0.400. The van der Waals surface area contributed by atoms with Crippen LogP contribution in [0.3, 0.4) is 0 Å². The molecule has 0 fully saturated rings. The van der Waals surface area contributed by atoms with Gasteiger partial charge in [-0.05, 0) is 28.1 Å². The summed E-state index contributed by atoms with van der Waals surface area (Å²) >= 11 is 3.24. The number of rotatable bonds is 2. The Bertz CT molecular complexity index is 643. The van der Waals surface area contributed by atoms with Crippen molar-refractivity contribution in [3.05, 3.63) is 40.3 Å². The molecular weight excluding hydrogens is 298 g/mol. The van der Waals surface area contributed by atoms with Crippen LogP contribution >= 0.6 is 15.9 Å². The van der Waals surface area contributed by atoms with E-state index < -0.39 is 5.91 Å². The van der Waals surface area contributed by atoms with Crippen molar-refractivity contribution in [2.45, 2.75) is 0 Å². The molecule has 0 unspecified atom stereocenters. The molecule has 2 aromatic heterocycles. The maximum Gasteiger partial charge on any atom is 0.276 e. The maximum atomic E-state index is 12.0. The molecule has 6 nitrogen and oxygen atoms in total. The van der Waals surface area contributed by atoms with E-state index in [1.165, 1.54) is 17.1 Å². The molecule has 0 aliphatic heterocycles. The topological polar surface area (TPSA) is 83.6 Å². The van der Waals surface area contributed by atoms with E-state index in [0.29, 0.717) is 15.9 Å². The summed E-state index contributed by atoms with van der Waals surface area (Å²) in [5.74, 6) is -0.0531. The standard InChI is InChI=1S/C11H8BrN5O/c1-17-10(7(5-13)6-15-17)16-11(18)9-8(12)3-2-4-14-9/h2-4,6H,1H3,(H,16,18). The first-order valence-electron chi connectivity index (χ1n) is 4.97. The molecule has 0 atom stereocenters. The van der Waals surface area contributed by atoms with Crippen LogP contribution in [0, 0.1) is 11.3 Å². The number of nitrogens with one attached hydrogen (secondary N) is 1. The van der Waals surface area contributed by atoms with Crippen LogP contribution in [0.4, 0.5) is 5.82 Å². The number of nitriles is 1. The Morgan fingerprint density at radius 1 is 1.61 bits per heavy atom. The Morgan fingerprint density at radius 3 is 3.06 bits per heavy atom. The second-order valence-corrected chi connectivity index (χ2v) is 4.28. The van der Waals surface area contributed by atoms with Crippen LogP contribution in [-0.2, 0) is 7.05 Å².